The number of aromatic hydroxyl groups is 1. The highest BCUT2D eigenvalue weighted by Gasteiger charge is 2.33. The Hall–Kier alpha value is -1.55. The Labute approximate surface area is 139 Å². The van der Waals surface area contributed by atoms with Gasteiger partial charge in [-0.25, -0.2) is 0 Å². The maximum absolute atomic E-state index is 12.8. The van der Waals surface area contributed by atoms with Crippen molar-refractivity contribution < 1.29 is 9.90 Å². The molecule has 1 atom stereocenters. The quantitative estimate of drug-likeness (QED) is 0.929. The van der Waals surface area contributed by atoms with Crippen molar-refractivity contribution >= 4 is 5.91 Å². The molecule has 1 aliphatic carbocycles. The summed E-state index contributed by atoms with van der Waals surface area (Å²) < 4.78 is 0. The normalized spacial score (nSPS) is 23.1. The van der Waals surface area contributed by atoms with Crippen molar-refractivity contribution in [1.82, 2.24) is 9.80 Å². The number of phenolic OH excluding ortho intramolecular Hbond substituents is 1. The molecular formula is C19H28N2O2. The van der Waals surface area contributed by atoms with E-state index < -0.39 is 0 Å². The van der Waals surface area contributed by atoms with Crippen molar-refractivity contribution in [3.63, 3.8) is 0 Å². The van der Waals surface area contributed by atoms with E-state index in [1.54, 1.807) is 18.2 Å². The fourth-order valence-electron chi connectivity index (χ4n) is 3.56. The molecule has 0 unspecified atom stereocenters. The molecule has 0 spiro atoms. The Kier molecular flexibility index (Phi) is 4.90. The molecule has 1 amide bonds. The molecule has 0 aromatic heterocycles. The van der Waals surface area contributed by atoms with Crippen LogP contribution >= 0.6 is 0 Å². The average molecular weight is 316 g/mol. The van der Waals surface area contributed by atoms with Crippen LogP contribution in [0.1, 0.15) is 43.5 Å². The standard InChI is InChI=1S/C19H28N2O2/c1-14(2)17-13-21(11-5-10-20(17)12-15-8-9-15)19(23)16-6-3-4-7-18(16)22/h3-4,6-7,14-15,17,22H,5,8-13H2,1-2H3/t17-/m1/s1. The summed E-state index contributed by atoms with van der Waals surface area (Å²) in [6, 6.07) is 7.28. The first kappa shape index (κ1) is 16.3. The van der Waals surface area contributed by atoms with E-state index in [-0.39, 0.29) is 11.7 Å². The monoisotopic (exact) mass is 316 g/mol. The van der Waals surface area contributed by atoms with E-state index in [0.717, 1.165) is 32.0 Å². The summed E-state index contributed by atoms with van der Waals surface area (Å²) in [6.45, 7) is 8.29. The topological polar surface area (TPSA) is 43.8 Å². The summed E-state index contributed by atoms with van der Waals surface area (Å²) in [5.41, 5.74) is 0.422. The van der Waals surface area contributed by atoms with Crippen LogP contribution in [0.4, 0.5) is 0 Å². The number of hydrogen-bond acceptors (Lipinski definition) is 3. The van der Waals surface area contributed by atoms with Crippen molar-refractivity contribution in [2.75, 3.05) is 26.2 Å². The van der Waals surface area contributed by atoms with Crippen LogP contribution in [0.5, 0.6) is 5.75 Å². The molecule has 4 heteroatoms. The molecule has 1 heterocycles. The molecule has 0 bridgehead atoms. The molecule has 3 rings (SSSR count). The first-order valence-corrected chi connectivity index (χ1v) is 8.87. The maximum Gasteiger partial charge on any atom is 0.257 e. The van der Waals surface area contributed by atoms with Gasteiger partial charge in [-0.3, -0.25) is 9.69 Å². The molecular weight excluding hydrogens is 288 g/mol. The number of carbonyl (C=O) groups is 1. The van der Waals surface area contributed by atoms with E-state index in [1.165, 1.54) is 19.4 Å². The zero-order valence-electron chi connectivity index (χ0n) is 14.2. The summed E-state index contributed by atoms with van der Waals surface area (Å²) in [6.07, 6.45) is 3.74. The third-order valence-corrected chi connectivity index (χ3v) is 5.13. The Balaban J connectivity index is 1.75. The smallest absolute Gasteiger partial charge is 0.257 e. The second-order valence-electron chi connectivity index (χ2n) is 7.37. The SMILES string of the molecule is CC(C)[C@H]1CN(C(=O)c2ccccc2O)CCCN1CC1CC1. The van der Waals surface area contributed by atoms with E-state index in [0.29, 0.717) is 17.5 Å². The summed E-state index contributed by atoms with van der Waals surface area (Å²) in [5.74, 6) is 1.43. The molecule has 2 aliphatic rings. The molecule has 126 valence electrons. The second-order valence-corrected chi connectivity index (χ2v) is 7.37. The average Bonchev–Trinajstić information content (AvgIpc) is 3.34. The van der Waals surface area contributed by atoms with Gasteiger partial charge in [-0.1, -0.05) is 26.0 Å². The minimum Gasteiger partial charge on any atom is -0.507 e. The third-order valence-electron chi connectivity index (χ3n) is 5.13. The first-order valence-electron chi connectivity index (χ1n) is 8.87. The largest absolute Gasteiger partial charge is 0.507 e. The molecule has 1 aliphatic heterocycles. The van der Waals surface area contributed by atoms with Crippen molar-refractivity contribution in [2.45, 2.75) is 39.2 Å². The van der Waals surface area contributed by atoms with E-state index in [1.807, 2.05) is 11.0 Å². The van der Waals surface area contributed by atoms with Crippen LogP contribution < -0.4 is 0 Å². The maximum atomic E-state index is 12.8. The number of hydrogen-bond donors (Lipinski definition) is 1. The number of para-hydroxylation sites is 1. The fraction of sp³-hybridized carbons (Fsp3) is 0.632. The van der Waals surface area contributed by atoms with Crippen LogP contribution in [0.15, 0.2) is 24.3 Å². The van der Waals surface area contributed by atoms with Gasteiger partial charge in [-0.15, -0.1) is 0 Å². The van der Waals surface area contributed by atoms with Gasteiger partial charge in [-0.05, 0) is 43.2 Å². The van der Waals surface area contributed by atoms with Gasteiger partial charge in [0.2, 0.25) is 0 Å². The van der Waals surface area contributed by atoms with Crippen LogP contribution in [-0.2, 0) is 0 Å². The second kappa shape index (κ2) is 6.91. The predicted octanol–water partition coefficient (Wildman–Crippen LogP) is 2.97. The number of phenols is 1. The summed E-state index contributed by atoms with van der Waals surface area (Å²) in [4.78, 5) is 17.4. The lowest BCUT2D eigenvalue weighted by Gasteiger charge is -2.34. The fourth-order valence-corrected chi connectivity index (χ4v) is 3.56. The van der Waals surface area contributed by atoms with Gasteiger partial charge in [0.25, 0.3) is 5.91 Å². The van der Waals surface area contributed by atoms with Gasteiger partial charge in [0.05, 0.1) is 5.56 Å². The van der Waals surface area contributed by atoms with Gasteiger partial charge in [-0.2, -0.15) is 0 Å². The van der Waals surface area contributed by atoms with Crippen LogP contribution in [0.2, 0.25) is 0 Å². The van der Waals surface area contributed by atoms with Gasteiger partial charge >= 0.3 is 0 Å². The van der Waals surface area contributed by atoms with Gasteiger partial charge < -0.3 is 10.0 Å². The van der Waals surface area contributed by atoms with Crippen LogP contribution in [0, 0.1) is 11.8 Å². The minimum atomic E-state index is -0.0398. The number of carbonyl (C=O) groups excluding carboxylic acids is 1. The van der Waals surface area contributed by atoms with Crippen LogP contribution in [0.3, 0.4) is 0 Å². The van der Waals surface area contributed by atoms with Crippen molar-refractivity contribution in [3.8, 4) is 5.75 Å². The van der Waals surface area contributed by atoms with Crippen molar-refractivity contribution in [3.05, 3.63) is 29.8 Å². The molecule has 1 aromatic carbocycles. The molecule has 23 heavy (non-hydrogen) atoms. The molecule has 4 nitrogen and oxygen atoms in total. The van der Waals surface area contributed by atoms with Gasteiger partial charge in [0, 0.05) is 32.2 Å². The third kappa shape index (κ3) is 3.86. The number of benzene rings is 1. The lowest BCUT2D eigenvalue weighted by molar-refractivity contribution is 0.0701. The molecule has 1 saturated heterocycles. The lowest BCUT2D eigenvalue weighted by Crippen LogP contribution is -2.46. The first-order chi connectivity index (χ1) is 11.1. The highest BCUT2D eigenvalue weighted by atomic mass is 16.3. The number of rotatable bonds is 4. The molecule has 1 saturated carbocycles. The highest BCUT2D eigenvalue weighted by molar-refractivity contribution is 5.96. The van der Waals surface area contributed by atoms with E-state index in [2.05, 4.69) is 18.7 Å². The van der Waals surface area contributed by atoms with Gasteiger partial charge in [0.1, 0.15) is 5.75 Å². The van der Waals surface area contributed by atoms with E-state index >= 15 is 0 Å². The van der Waals surface area contributed by atoms with Gasteiger partial charge in [0.15, 0.2) is 0 Å². The Morgan fingerprint density at radius 1 is 1.26 bits per heavy atom. The van der Waals surface area contributed by atoms with Crippen molar-refractivity contribution in [2.24, 2.45) is 11.8 Å². The summed E-state index contributed by atoms with van der Waals surface area (Å²) >= 11 is 0. The lowest BCUT2D eigenvalue weighted by atomic mass is 10.0. The predicted molar refractivity (Wildman–Crippen MR) is 91.6 cm³/mol. The van der Waals surface area contributed by atoms with Crippen LogP contribution in [-0.4, -0.2) is 53.0 Å². The van der Waals surface area contributed by atoms with Crippen LogP contribution in [0.25, 0.3) is 0 Å². The van der Waals surface area contributed by atoms with E-state index in [9.17, 15) is 9.90 Å². The zero-order valence-corrected chi connectivity index (χ0v) is 14.2. The Morgan fingerprint density at radius 3 is 2.65 bits per heavy atom. The Bertz CT molecular complexity index is 554. The number of amides is 1. The van der Waals surface area contributed by atoms with Crippen molar-refractivity contribution in [1.29, 1.82) is 0 Å². The number of nitrogens with zero attached hydrogens (tertiary/aromatic N) is 2. The molecule has 1 aromatic rings. The summed E-state index contributed by atoms with van der Waals surface area (Å²) in [7, 11) is 0. The molecule has 1 N–H and O–H groups in total. The van der Waals surface area contributed by atoms with E-state index in [4.69, 9.17) is 0 Å². The highest BCUT2D eigenvalue weighted by Crippen LogP contribution is 2.32. The molecule has 0 radical (unpaired) electrons. The minimum absolute atomic E-state index is 0.0398. The zero-order chi connectivity index (χ0) is 16.4. The molecule has 2 fully saturated rings. The Morgan fingerprint density at radius 2 is 2.00 bits per heavy atom. The summed E-state index contributed by atoms with van der Waals surface area (Å²) in [5, 5.41) is 9.98.